The Morgan fingerprint density at radius 2 is 1.84 bits per heavy atom. The number of aromatic amines is 1. The van der Waals surface area contributed by atoms with Gasteiger partial charge in [0, 0.05) is 41.5 Å². The maximum atomic E-state index is 13.0. The molecular formula is C22H21FN6O2. The molecule has 0 bridgehead atoms. The molecule has 0 aliphatic heterocycles. The average Bonchev–Trinajstić information content (AvgIpc) is 3.24. The zero-order valence-electron chi connectivity index (χ0n) is 17.1. The van der Waals surface area contributed by atoms with Gasteiger partial charge in [-0.1, -0.05) is 5.16 Å². The molecule has 8 nitrogen and oxygen atoms in total. The summed E-state index contributed by atoms with van der Waals surface area (Å²) in [6.45, 7) is 4.22. The Labute approximate surface area is 177 Å². The molecule has 0 atom stereocenters. The number of nitrogens with one attached hydrogen (secondary N) is 2. The first-order valence-electron chi connectivity index (χ1n) is 9.86. The quantitative estimate of drug-likeness (QED) is 0.439. The van der Waals surface area contributed by atoms with Crippen LogP contribution in [0.4, 0.5) is 10.2 Å². The highest BCUT2D eigenvalue weighted by Gasteiger charge is 2.09. The van der Waals surface area contributed by atoms with Crippen LogP contribution in [0.5, 0.6) is 0 Å². The van der Waals surface area contributed by atoms with Crippen molar-refractivity contribution in [3.05, 3.63) is 75.9 Å². The molecule has 2 N–H and O–H groups in total. The van der Waals surface area contributed by atoms with Gasteiger partial charge < -0.3 is 14.8 Å². The van der Waals surface area contributed by atoms with E-state index in [1.165, 1.54) is 12.1 Å². The predicted octanol–water partition coefficient (Wildman–Crippen LogP) is 3.68. The monoisotopic (exact) mass is 420 g/mol. The molecule has 0 saturated heterocycles. The first-order chi connectivity index (χ1) is 15.0. The van der Waals surface area contributed by atoms with E-state index in [0.29, 0.717) is 53.1 Å². The van der Waals surface area contributed by atoms with Crippen LogP contribution in [0.25, 0.3) is 22.8 Å². The minimum absolute atomic E-state index is 0.145. The van der Waals surface area contributed by atoms with Gasteiger partial charge in [-0.25, -0.2) is 14.4 Å². The van der Waals surface area contributed by atoms with E-state index in [4.69, 9.17) is 4.52 Å². The van der Waals surface area contributed by atoms with Gasteiger partial charge in [-0.2, -0.15) is 4.98 Å². The van der Waals surface area contributed by atoms with E-state index in [9.17, 15) is 9.18 Å². The number of rotatable bonds is 7. The Kier molecular flexibility index (Phi) is 5.83. The number of pyridine rings is 1. The van der Waals surface area contributed by atoms with E-state index in [1.807, 2.05) is 19.1 Å². The van der Waals surface area contributed by atoms with Crippen molar-refractivity contribution >= 4 is 5.82 Å². The van der Waals surface area contributed by atoms with Crippen molar-refractivity contribution in [1.29, 1.82) is 0 Å². The molecule has 0 spiro atoms. The van der Waals surface area contributed by atoms with Gasteiger partial charge in [0.25, 0.3) is 5.56 Å². The number of hydrogen-bond donors (Lipinski definition) is 2. The van der Waals surface area contributed by atoms with Crippen LogP contribution in [-0.2, 0) is 6.42 Å². The fourth-order valence-electron chi connectivity index (χ4n) is 2.95. The first-order valence-corrected chi connectivity index (χ1v) is 9.86. The van der Waals surface area contributed by atoms with Crippen molar-refractivity contribution in [2.75, 3.05) is 11.9 Å². The van der Waals surface area contributed by atoms with Gasteiger partial charge >= 0.3 is 0 Å². The molecule has 0 saturated carbocycles. The Bertz CT molecular complexity index is 1230. The highest BCUT2D eigenvalue weighted by Crippen LogP contribution is 2.17. The van der Waals surface area contributed by atoms with Crippen LogP contribution < -0.4 is 10.9 Å². The molecule has 3 heterocycles. The fraction of sp³-hybridized carbons (Fsp3) is 0.227. The molecular weight excluding hydrogens is 399 g/mol. The van der Waals surface area contributed by atoms with E-state index in [0.717, 1.165) is 12.0 Å². The maximum absolute atomic E-state index is 13.0. The van der Waals surface area contributed by atoms with Crippen LogP contribution in [0.1, 0.15) is 23.6 Å². The lowest BCUT2D eigenvalue weighted by molar-refractivity contribution is 0.377. The molecule has 0 amide bonds. The molecule has 31 heavy (non-hydrogen) atoms. The third-order valence-corrected chi connectivity index (χ3v) is 4.88. The van der Waals surface area contributed by atoms with Crippen LogP contribution in [0.2, 0.25) is 0 Å². The van der Waals surface area contributed by atoms with Gasteiger partial charge in [0.1, 0.15) is 17.5 Å². The van der Waals surface area contributed by atoms with Gasteiger partial charge in [0.05, 0.1) is 0 Å². The van der Waals surface area contributed by atoms with Crippen LogP contribution in [0.15, 0.2) is 51.9 Å². The van der Waals surface area contributed by atoms with Crippen LogP contribution in [-0.4, -0.2) is 31.6 Å². The number of halogens is 1. The third-order valence-electron chi connectivity index (χ3n) is 4.88. The summed E-state index contributed by atoms with van der Waals surface area (Å²) >= 11 is 0. The SMILES string of the molecule is Cc1nc(-c2ccc(NCCCc3nc(-c4ccc(F)cc4)no3)nc2)[nH]c(=O)c1C. The van der Waals surface area contributed by atoms with Gasteiger partial charge in [-0.15, -0.1) is 0 Å². The molecule has 0 aliphatic rings. The van der Waals surface area contributed by atoms with Crippen LogP contribution in [0, 0.1) is 19.7 Å². The zero-order valence-corrected chi connectivity index (χ0v) is 17.1. The summed E-state index contributed by atoms with van der Waals surface area (Å²) in [5, 5.41) is 7.17. The highest BCUT2D eigenvalue weighted by molar-refractivity contribution is 5.56. The topological polar surface area (TPSA) is 110 Å². The molecule has 4 rings (SSSR count). The lowest BCUT2D eigenvalue weighted by atomic mass is 10.2. The predicted molar refractivity (Wildman–Crippen MR) is 114 cm³/mol. The normalized spacial score (nSPS) is 10.9. The van der Waals surface area contributed by atoms with E-state index >= 15 is 0 Å². The standard InChI is InChI=1S/C22H21FN6O2/c1-13-14(2)26-20(28-22(13)30)16-7-10-18(25-12-16)24-11-3-4-19-27-21(29-31-19)15-5-8-17(23)9-6-15/h5-10,12H,3-4,11H2,1-2H3,(H,24,25)(H,26,28,30). The fourth-order valence-corrected chi connectivity index (χ4v) is 2.95. The average molecular weight is 420 g/mol. The summed E-state index contributed by atoms with van der Waals surface area (Å²) in [5.41, 5.74) is 2.61. The number of nitrogens with zero attached hydrogens (tertiary/aromatic N) is 4. The summed E-state index contributed by atoms with van der Waals surface area (Å²) < 4.78 is 18.3. The molecule has 158 valence electrons. The van der Waals surface area contributed by atoms with Gasteiger partial charge in [-0.3, -0.25) is 4.79 Å². The number of aromatic nitrogens is 5. The molecule has 0 aliphatic carbocycles. The molecule has 0 fully saturated rings. The molecule has 0 radical (unpaired) electrons. The molecule has 9 heteroatoms. The van der Waals surface area contributed by atoms with Crippen molar-refractivity contribution in [3.8, 4) is 22.8 Å². The number of benzene rings is 1. The summed E-state index contributed by atoms with van der Waals surface area (Å²) in [7, 11) is 0. The van der Waals surface area contributed by atoms with Crippen molar-refractivity contribution in [2.45, 2.75) is 26.7 Å². The Balaban J connectivity index is 1.30. The summed E-state index contributed by atoms with van der Waals surface area (Å²) in [6, 6.07) is 9.65. The van der Waals surface area contributed by atoms with Crippen molar-refractivity contribution in [2.24, 2.45) is 0 Å². The minimum atomic E-state index is -0.307. The number of H-pyrrole nitrogens is 1. The molecule has 1 aromatic carbocycles. The van der Waals surface area contributed by atoms with E-state index < -0.39 is 0 Å². The number of hydrogen-bond acceptors (Lipinski definition) is 7. The third kappa shape index (κ3) is 4.82. The lowest BCUT2D eigenvalue weighted by Crippen LogP contribution is -2.14. The molecule has 0 unspecified atom stereocenters. The van der Waals surface area contributed by atoms with Crippen molar-refractivity contribution < 1.29 is 8.91 Å². The van der Waals surface area contributed by atoms with Gasteiger partial charge in [0.15, 0.2) is 0 Å². The number of anilines is 1. The second kappa shape index (κ2) is 8.86. The van der Waals surface area contributed by atoms with Gasteiger partial charge in [-0.05, 0) is 56.7 Å². The van der Waals surface area contributed by atoms with Crippen molar-refractivity contribution in [1.82, 2.24) is 25.1 Å². The van der Waals surface area contributed by atoms with Crippen LogP contribution in [0.3, 0.4) is 0 Å². The van der Waals surface area contributed by atoms with E-state index in [-0.39, 0.29) is 11.4 Å². The first kappa shape index (κ1) is 20.4. The Morgan fingerprint density at radius 1 is 1.06 bits per heavy atom. The maximum Gasteiger partial charge on any atom is 0.254 e. The summed E-state index contributed by atoms with van der Waals surface area (Å²) in [5.74, 6) is 1.87. The second-order valence-electron chi connectivity index (χ2n) is 7.11. The van der Waals surface area contributed by atoms with Crippen molar-refractivity contribution in [3.63, 3.8) is 0 Å². The smallest absolute Gasteiger partial charge is 0.254 e. The summed E-state index contributed by atoms with van der Waals surface area (Å²) in [6.07, 6.45) is 3.04. The number of aryl methyl sites for hydroxylation is 2. The Morgan fingerprint density at radius 3 is 2.55 bits per heavy atom. The zero-order chi connectivity index (χ0) is 21.8. The van der Waals surface area contributed by atoms with Gasteiger partial charge in [0.2, 0.25) is 11.7 Å². The Hall–Kier alpha value is -3.88. The van der Waals surface area contributed by atoms with E-state index in [2.05, 4.69) is 30.4 Å². The largest absolute Gasteiger partial charge is 0.370 e. The summed E-state index contributed by atoms with van der Waals surface area (Å²) in [4.78, 5) is 27.8. The molecule has 3 aromatic heterocycles. The highest BCUT2D eigenvalue weighted by atomic mass is 19.1. The molecule has 4 aromatic rings. The van der Waals surface area contributed by atoms with E-state index in [1.54, 1.807) is 25.3 Å². The lowest BCUT2D eigenvalue weighted by Gasteiger charge is -2.07. The second-order valence-corrected chi connectivity index (χ2v) is 7.11. The minimum Gasteiger partial charge on any atom is -0.370 e. The van der Waals surface area contributed by atoms with Crippen LogP contribution >= 0.6 is 0 Å².